The molecule has 0 unspecified atom stereocenters. The summed E-state index contributed by atoms with van der Waals surface area (Å²) in [5, 5.41) is 1.98. The van der Waals surface area contributed by atoms with Gasteiger partial charge in [0.2, 0.25) is 5.91 Å². The molecule has 1 aliphatic heterocycles. The first-order valence-electron chi connectivity index (χ1n) is 6.11. The highest BCUT2D eigenvalue weighted by Crippen LogP contribution is 2.45. The van der Waals surface area contributed by atoms with Gasteiger partial charge in [0.25, 0.3) is 5.91 Å². The van der Waals surface area contributed by atoms with Crippen LogP contribution in [0.2, 0.25) is 5.02 Å². The monoisotopic (exact) mass is 296 g/mol. The molecule has 1 spiro atoms. The van der Waals surface area contributed by atoms with E-state index in [1.54, 1.807) is 0 Å². The van der Waals surface area contributed by atoms with E-state index in [0.717, 1.165) is 17.4 Å². The highest BCUT2D eigenvalue weighted by atomic mass is 35.5. The molecule has 2 fully saturated rings. The highest BCUT2D eigenvalue weighted by Gasteiger charge is 2.57. The Morgan fingerprint density at radius 2 is 1.95 bits per heavy atom. The SMILES string of the molecule is O=C1NC(=O)C2(CCC2)C(=O)N1c1ccc(F)c(Cl)c1. The second kappa shape index (κ2) is 4.28. The van der Waals surface area contributed by atoms with Crippen LogP contribution in [-0.4, -0.2) is 17.8 Å². The number of imide groups is 2. The molecule has 2 aliphatic rings. The molecule has 5 nitrogen and oxygen atoms in total. The number of carbonyl (C=O) groups is 3. The van der Waals surface area contributed by atoms with Gasteiger partial charge in [-0.2, -0.15) is 0 Å². The minimum Gasteiger partial charge on any atom is -0.276 e. The number of carbonyl (C=O) groups excluding carboxylic acids is 3. The van der Waals surface area contributed by atoms with Crippen molar-refractivity contribution in [2.45, 2.75) is 19.3 Å². The van der Waals surface area contributed by atoms with Crippen LogP contribution in [0.3, 0.4) is 0 Å². The number of halogens is 2. The quantitative estimate of drug-likeness (QED) is 0.808. The van der Waals surface area contributed by atoms with Crippen LogP contribution >= 0.6 is 11.6 Å². The van der Waals surface area contributed by atoms with Gasteiger partial charge in [-0.25, -0.2) is 14.1 Å². The van der Waals surface area contributed by atoms with E-state index in [1.165, 1.54) is 12.1 Å². The maximum atomic E-state index is 13.2. The third kappa shape index (κ3) is 1.64. The molecule has 1 aromatic rings. The number of benzene rings is 1. The molecule has 1 saturated carbocycles. The van der Waals surface area contributed by atoms with Crippen LogP contribution in [-0.2, 0) is 9.59 Å². The number of rotatable bonds is 1. The number of hydrogen-bond donors (Lipinski definition) is 1. The molecule has 104 valence electrons. The summed E-state index contributed by atoms with van der Waals surface area (Å²) in [4.78, 5) is 37.0. The Kier molecular flexibility index (Phi) is 2.79. The molecule has 0 atom stereocenters. The standard InChI is InChI=1S/C13H10ClFN2O3/c14-8-6-7(2-3-9(8)15)17-11(19)13(4-1-5-13)10(18)16-12(17)20/h2-3,6H,1,4-5H2,(H,16,18,20). The molecule has 1 aromatic carbocycles. The maximum absolute atomic E-state index is 13.2. The molecule has 4 amide bonds. The van der Waals surface area contributed by atoms with Crippen molar-refractivity contribution >= 4 is 35.1 Å². The van der Waals surface area contributed by atoms with Gasteiger partial charge in [-0.1, -0.05) is 18.0 Å². The summed E-state index contributed by atoms with van der Waals surface area (Å²) < 4.78 is 13.2. The van der Waals surface area contributed by atoms with Gasteiger partial charge in [0, 0.05) is 0 Å². The lowest BCUT2D eigenvalue weighted by Crippen LogP contribution is -2.66. The van der Waals surface area contributed by atoms with E-state index < -0.39 is 29.1 Å². The van der Waals surface area contributed by atoms with Crippen LogP contribution in [0, 0.1) is 11.2 Å². The van der Waals surface area contributed by atoms with Crippen molar-refractivity contribution in [1.29, 1.82) is 0 Å². The van der Waals surface area contributed by atoms with Crippen molar-refractivity contribution in [2.24, 2.45) is 5.41 Å². The third-order valence-corrected chi connectivity index (χ3v) is 4.13. The molecule has 1 heterocycles. The Morgan fingerprint density at radius 3 is 2.50 bits per heavy atom. The summed E-state index contributed by atoms with van der Waals surface area (Å²) in [5.41, 5.74) is -1.01. The van der Waals surface area contributed by atoms with Crippen molar-refractivity contribution in [3.63, 3.8) is 0 Å². The average molecular weight is 297 g/mol. The van der Waals surface area contributed by atoms with E-state index in [9.17, 15) is 18.8 Å². The Balaban J connectivity index is 2.03. The first-order chi connectivity index (χ1) is 9.45. The highest BCUT2D eigenvalue weighted by molar-refractivity contribution is 6.33. The lowest BCUT2D eigenvalue weighted by molar-refractivity contribution is -0.148. The molecule has 7 heteroatoms. The molecule has 1 aliphatic carbocycles. The largest absolute Gasteiger partial charge is 0.335 e. The summed E-state index contributed by atoms with van der Waals surface area (Å²) in [6.07, 6.45) is 1.58. The molecule has 0 aromatic heterocycles. The van der Waals surface area contributed by atoms with Crippen LogP contribution in [0.15, 0.2) is 18.2 Å². The van der Waals surface area contributed by atoms with Crippen molar-refractivity contribution < 1.29 is 18.8 Å². The average Bonchev–Trinajstić information content (AvgIpc) is 2.31. The Bertz CT molecular complexity index is 643. The summed E-state index contributed by atoms with van der Waals surface area (Å²) >= 11 is 5.66. The van der Waals surface area contributed by atoms with Crippen LogP contribution in [0.1, 0.15) is 19.3 Å². The van der Waals surface area contributed by atoms with Gasteiger partial charge in [0.15, 0.2) is 0 Å². The second-order valence-electron chi connectivity index (χ2n) is 4.93. The number of urea groups is 1. The van der Waals surface area contributed by atoms with Gasteiger partial charge in [0.1, 0.15) is 11.2 Å². The Labute approximate surface area is 118 Å². The summed E-state index contributed by atoms with van der Waals surface area (Å²) in [6, 6.07) is 2.71. The van der Waals surface area contributed by atoms with Crippen LogP contribution in [0.4, 0.5) is 14.9 Å². The van der Waals surface area contributed by atoms with Crippen LogP contribution in [0.25, 0.3) is 0 Å². The van der Waals surface area contributed by atoms with E-state index >= 15 is 0 Å². The number of nitrogens with one attached hydrogen (secondary N) is 1. The fourth-order valence-corrected chi connectivity index (χ4v) is 2.68. The fraction of sp³-hybridized carbons (Fsp3) is 0.308. The van der Waals surface area contributed by atoms with Crippen molar-refractivity contribution in [2.75, 3.05) is 4.90 Å². The first kappa shape index (κ1) is 13.1. The predicted molar refractivity (Wildman–Crippen MR) is 68.7 cm³/mol. The van der Waals surface area contributed by atoms with E-state index in [1.807, 2.05) is 0 Å². The number of hydrogen-bond acceptors (Lipinski definition) is 3. The van der Waals surface area contributed by atoms with Gasteiger partial charge in [-0.3, -0.25) is 14.9 Å². The first-order valence-corrected chi connectivity index (χ1v) is 6.48. The van der Waals surface area contributed by atoms with Crippen LogP contribution < -0.4 is 10.2 Å². The zero-order valence-corrected chi connectivity index (χ0v) is 11.0. The fourth-order valence-electron chi connectivity index (χ4n) is 2.51. The van der Waals surface area contributed by atoms with Gasteiger partial charge in [-0.05, 0) is 31.0 Å². The van der Waals surface area contributed by atoms with Gasteiger partial charge >= 0.3 is 6.03 Å². The molecule has 0 radical (unpaired) electrons. The molecule has 0 bridgehead atoms. The van der Waals surface area contributed by atoms with E-state index in [0.29, 0.717) is 12.8 Å². The zero-order chi connectivity index (χ0) is 14.5. The Morgan fingerprint density at radius 1 is 1.25 bits per heavy atom. The summed E-state index contributed by atoms with van der Waals surface area (Å²) in [5.74, 6) is -1.77. The minimum absolute atomic E-state index is 0.151. The Hall–Kier alpha value is -1.95. The number of barbiturate groups is 1. The number of anilines is 1. The third-order valence-electron chi connectivity index (χ3n) is 3.84. The smallest absolute Gasteiger partial charge is 0.276 e. The minimum atomic E-state index is -1.16. The predicted octanol–water partition coefficient (Wildman–Crippen LogP) is 2.23. The normalized spacial score (nSPS) is 20.9. The topological polar surface area (TPSA) is 66.5 Å². The van der Waals surface area contributed by atoms with E-state index in [4.69, 9.17) is 11.6 Å². The zero-order valence-electron chi connectivity index (χ0n) is 10.3. The second-order valence-corrected chi connectivity index (χ2v) is 5.34. The van der Waals surface area contributed by atoms with Crippen LogP contribution in [0.5, 0.6) is 0 Å². The summed E-state index contributed by atoms with van der Waals surface area (Å²) in [6.45, 7) is 0. The van der Waals surface area contributed by atoms with E-state index in [-0.39, 0.29) is 10.7 Å². The molecule has 1 saturated heterocycles. The molecular weight excluding hydrogens is 287 g/mol. The van der Waals surface area contributed by atoms with Crippen molar-refractivity contribution in [3.05, 3.63) is 29.0 Å². The van der Waals surface area contributed by atoms with Gasteiger partial charge in [0.05, 0.1) is 10.7 Å². The van der Waals surface area contributed by atoms with Crippen molar-refractivity contribution in [1.82, 2.24) is 5.32 Å². The molecule has 20 heavy (non-hydrogen) atoms. The summed E-state index contributed by atoms with van der Waals surface area (Å²) in [7, 11) is 0. The van der Waals surface area contributed by atoms with Crippen molar-refractivity contribution in [3.8, 4) is 0 Å². The number of nitrogens with zero attached hydrogens (tertiary/aromatic N) is 1. The lowest BCUT2D eigenvalue weighted by Gasteiger charge is -2.44. The number of amides is 4. The molecule has 3 rings (SSSR count). The molecular formula is C13H10ClFN2O3. The van der Waals surface area contributed by atoms with Gasteiger partial charge < -0.3 is 0 Å². The molecule has 1 N–H and O–H groups in total. The van der Waals surface area contributed by atoms with Gasteiger partial charge in [-0.15, -0.1) is 0 Å². The lowest BCUT2D eigenvalue weighted by atomic mass is 9.66. The van der Waals surface area contributed by atoms with E-state index in [2.05, 4.69) is 5.32 Å². The maximum Gasteiger partial charge on any atom is 0.335 e.